The molecule has 0 spiro atoms. The van der Waals surface area contributed by atoms with Crippen LogP contribution in [0.4, 0.5) is 5.69 Å². The Labute approximate surface area is 224 Å². The summed E-state index contributed by atoms with van der Waals surface area (Å²) in [6.07, 6.45) is 6.00. The van der Waals surface area contributed by atoms with Crippen LogP contribution in [0.25, 0.3) is 21.0 Å². The van der Waals surface area contributed by atoms with Crippen LogP contribution in [0.15, 0.2) is 42.6 Å². The van der Waals surface area contributed by atoms with Crippen molar-refractivity contribution in [1.29, 1.82) is 0 Å². The summed E-state index contributed by atoms with van der Waals surface area (Å²) in [6, 6.07) is 12.2. The zero-order chi connectivity index (χ0) is 26.0. The largest absolute Gasteiger partial charge is 0.489 e. The van der Waals surface area contributed by atoms with Crippen LogP contribution in [-0.2, 0) is 16.4 Å². The van der Waals surface area contributed by atoms with Crippen LogP contribution >= 0.6 is 11.3 Å². The summed E-state index contributed by atoms with van der Waals surface area (Å²) in [6.45, 7) is 6.66. The highest BCUT2D eigenvalue weighted by Crippen LogP contribution is 2.42. The Balaban J connectivity index is 1.33. The summed E-state index contributed by atoms with van der Waals surface area (Å²) < 4.78 is 34.6. The number of nitrogens with zero attached hydrogens (tertiary/aromatic N) is 2. The Hall–Kier alpha value is -2.46. The predicted octanol–water partition coefficient (Wildman–Crippen LogP) is 5.31. The molecule has 2 heterocycles. The maximum atomic E-state index is 12.8. The third kappa shape index (κ3) is 6.00. The molecule has 1 unspecified atom stereocenters. The van der Waals surface area contributed by atoms with Gasteiger partial charge >= 0.3 is 0 Å². The number of fused-ring (bicyclic) bond motifs is 1. The van der Waals surface area contributed by atoms with Crippen molar-refractivity contribution in [3.8, 4) is 26.8 Å². The molecule has 0 bridgehead atoms. The highest BCUT2D eigenvalue weighted by molar-refractivity contribution is 7.89. The fraction of sp³-hybridized carbons (Fsp3) is 0.464. The molecule has 2 aliphatic rings. The lowest BCUT2D eigenvalue weighted by molar-refractivity contribution is 0.244. The van der Waals surface area contributed by atoms with E-state index in [0.29, 0.717) is 6.54 Å². The van der Waals surface area contributed by atoms with Gasteiger partial charge in [-0.25, -0.2) is 18.1 Å². The van der Waals surface area contributed by atoms with Crippen molar-refractivity contribution in [3.63, 3.8) is 0 Å². The number of rotatable bonds is 10. The van der Waals surface area contributed by atoms with Gasteiger partial charge in [-0.05, 0) is 87.5 Å². The number of aromatic nitrogens is 1. The van der Waals surface area contributed by atoms with Gasteiger partial charge < -0.3 is 15.0 Å². The molecule has 1 saturated heterocycles. The molecule has 0 radical (unpaired) electrons. The first-order valence-electron chi connectivity index (χ1n) is 13.1. The molecule has 7 nitrogen and oxygen atoms in total. The highest BCUT2D eigenvalue weighted by Gasteiger charge is 2.29. The van der Waals surface area contributed by atoms with E-state index in [2.05, 4.69) is 33.1 Å². The third-order valence-electron chi connectivity index (χ3n) is 7.10. The van der Waals surface area contributed by atoms with Crippen molar-refractivity contribution in [2.45, 2.75) is 51.7 Å². The molecule has 0 amide bonds. The average Bonchev–Trinajstić information content (AvgIpc) is 3.64. The van der Waals surface area contributed by atoms with Gasteiger partial charge in [0.05, 0.1) is 22.4 Å². The summed E-state index contributed by atoms with van der Waals surface area (Å²) >= 11 is 1.66. The first-order valence-corrected chi connectivity index (χ1v) is 15.6. The van der Waals surface area contributed by atoms with E-state index in [1.807, 2.05) is 45.3 Å². The van der Waals surface area contributed by atoms with Crippen LogP contribution in [-0.4, -0.2) is 56.8 Å². The number of benzene rings is 2. The molecule has 1 atom stereocenters. The van der Waals surface area contributed by atoms with Crippen LogP contribution < -0.4 is 14.8 Å². The lowest BCUT2D eigenvalue weighted by atomic mass is 10.0. The number of ether oxygens (including phenoxy) is 1. The molecule has 198 valence electrons. The topological polar surface area (TPSA) is 83.6 Å². The molecule has 5 rings (SSSR count). The van der Waals surface area contributed by atoms with Crippen molar-refractivity contribution in [2.24, 2.45) is 0 Å². The number of anilines is 1. The minimum Gasteiger partial charge on any atom is -0.489 e. The van der Waals surface area contributed by atoms with E-state index >= 15 is 0 Å². The van der Waals surface area contributed by atoms with E-state index in [9.17, 15) is 8.42 Å². The van der Waals surface area contributed by atoms with Gasteiger partial charge in [0.25, 0.3) is 0 Å². The molecule has 0 saturated carbocycles. The highest BCUT2D eigenvalue weighted by atomic mass is 32.2. The fourth-order valence-corrected chi connectivity index (χ4v) is 7.55. The van der Waals surface area contributed by atoms with Crippen LogP contribution in [0.2, 0.25) is 0 Å². The lowest BCUT2D eigenvalue weighted by Crippen LogP contribution is -2.35. The summed E-state index contributed by atoms with van der Waals surface area (Å²) in [5.41, 5.74) is 5.43. The normalized spacial score (nSPS) is 17.9. The van der Waals surface area contributed by atoms with Gasteiger partial charge in [-0.1, -0.05) is 18.2 Å². The lowest BCUT2D eigenvalue weighted by Gasteiger charge is -2.18. The van der Waals surface area contributed by atoms with E-state index in [-0.39, 0.29) is 17.9 Å². The molecule has 9 heteroatoms. The Morgan fingerprint density at radius 1 is 1.19 bits per heavy atom. The smallest absolute Gasteiger partial charge is 0.213 e. The number of likely N-dealkylation sites (tertiary alicyclic amines) is 1. The van der Waals surface area contributed by atoms with E-state index in [4.69, 9.17) is 9.72 Å². The molecule has 1 aromatic heterocycles. The number of thiazole rings is 1. The first-order chi connectivity index (χ1) is 17.8. The molecule has 1 aliphatic carbocycles. The van der Waals surface area contributed by atoms with E-state index in [1.54, 1.807) is 11.3 Å². The first kappa shape index (κ1) is 26.2. The van der Waals surface area contributed by atoms with Crippen molar-refractivity contribution in [1.82, 2.24) is 14.6 Å². The van der Waals surface area contributed by atoms with E-state index < -0.39 is 10.0 Å². The summed E-state index contributed by atoms with van der Waals surface area (Å²) in [5, 5.41) is 4.17. The molecule has 2 N–H and O–H groups in total. The average molecular weight is 541 g/mol. The van der Waals surface area contributed by atoms with Crippen molar-refractivity contribution >= 4 is 27.0 Å². The van der Waals surface area contributed by atoms with Gasteiger partial charge in [-0.3, -0.25) is 0 Å². The second-order valence-corrected chi connectivity index (χ2v) is 13.0. The van der Waals surface area contributed by atoms with Gasteiger partial charge in [-0.2, -0.15) is 0 Å². The number of hydrogen-bond donors (Lipinski definition) is 2. The zero-order valence-corrected chi connectivity index (χ0v) is 23.4. The molecule has 1 aliphatic heterocycles. The van der Waals surface area contributed by atoms with Crippen LogP contribution in [0.3, 0.4) is 0 Å². The van der Waals surface area contributed by atoms with Crippen molar-refractivity contribution in [3.05, 3.63) is 53.7 Å². The molecule has 3 aromatic rings. The van der Waals surface area contributed by atoms with Gasteiger partial charge in [-0.15, -0.1) is 11.3 Å². The van der Waals surface area contributed by atoms with Gasteiger partial charge in [0.15, 0.2) is 0 Å². The van der Waals surface area contributed by atoms with Gasteiger partial charge in [0.2, 0.25) is 10.0 Å². The summed E-state index contributed by atoms with van der Waals surface area (Å²) in [7, 11) is -1.45. The van der Waals surface area contributed by atoms with Gasteiger partial charge in [0.1, 0.15) is 10.8 Å². The molecule has 1 fully saturated rings. The Bertz CT molecular complexity index is 1350. The fourth-order valence-electron chi connectivity index (χ4n) is 5.29. The molecule has 37 heavy (non-hydrogen) atoms. The molecule has 2 aromatic carbocycles. The summed E-state index contributed by atoms with van der Waals surface area (Å²) in [5.74, 6) is 0.986. The Morgan fingerprint density at radius 2 is 2.00 bits per heavy atom. The van der Waals surface area contributed by atoms with Crippen molar-refractivity contribution < 1.29 is 13.2 Å². The SMILES string of the molecule is CNc1cc(-c2ncc(-c3cccc4c3CCC4NS(=O)(=O)CCN3CCCC3)s2)ccc1OC(C)C. The maximum Gasteiger partial charge on any atom is 0.213 e. The second kappa shape index (κ2) is 11.1. The zero-order valence-electron chi connectivity index (χ0n) is 21.8. The Kier molecular flexibility index (Phi) is 7.85. The maximum absolute atomic E-state index is 12.8. The van der Waals surface area contributed by atoms with E-state index in [0.717, 1.165) is 63.9 Å². The Morgan fingerprint density at radius 3 is 2.76 bits per heavy atom. The predicted molar refractivity (Wildman–Crippen MR) is 152 cm³/mol. The number of hydrogen-bond acceptors (Lipinski definition) is 7. The summed E-state index contributed by atoms with van der Waals surface area (Å²) in [4.78, 5) is 8.07. The van der Waals surface area contributed by atoms with Gasteiger partial charge in [0, 0.05) is 31.4 Å². The van der Waals surface area contributed by atoms with Crippen molar-refractivity contribution in [2.75, 3.05) is 37.8 Å². The van der Waals surface area contributed by atoms with Crippen LogP contribution in [0.1, 0.15) is 50.3 Å². The quantitative estimate of drug-likeness (QED) is 0.363. The molecular weight excluding hydrogens is 504 g/mol. The standard InChI is InChI=1S/C28H36N4O3S2/c1-19(2)35-26-12-9-20(17-25(26)29-3)28-30-18-27(36-28)23-8-6-7-22-21(23)10-11-24(22)31-37(33,34)16-15-32-13-4-5-14-32/h6-9,12,17-19,24,29,31H,4-5,10-11,13-16H2,1-3H3. The second-order valence-electron chi connectivity index (χ2n) is 10.1. The number of sulfonamides is 1. The van der Waals surface area contributed by atoms with E-state index in [1.165, 1.54) is 18.4 Å². The number of nitrogens with one attached hydrogen (secondary N) is 2. The van der Waals surface area contributed by atoms with Crippen LogP contribution in [0, 0.1) is 0 Å². The third-order valence-corrected chi connectivity index (χ3v) is 9.54. The molecular formula is C28H36N4O3S2. The minimum absolute atomic E-state index is 0.1000. The monoisotopic (exact) mass is 540 g/mol. The minimum atomic E-state index is -3.34. The van der Waals surface area contributed by atoms with Crippen LogP contribution in [0.5, 0.6) is 5.75 Å².